The smallest absolute Gasteiger partial charge is 0.352 e. The fourth-order valence-corrected chi connectivity index (χ4v) is 5.53. The molecule has 1 aliphatic rings. The Morgan fingerprint density at radius 3 is 2.44 bits per heavy atom. The van der Waals surface area contributed by atoms with Crippen LogP contribution in [0.2, 0.25) is 0 Å². The molecule has 0 amide bonds. The Bertz CT molecular complexity index is 1310. The van der Waals surface area contributed by atoms with Crippen molar-refractivity contribution in [3.8, 4) is 5.75 Å². The highest BCUT2D eigenvalue weighted by Gasteiger charge is 2.30. The molecule has 0 bridgehead atoms. The average Bonchev–Trinajstić information content (AvgIpc) is 3.54. The predicted molar refractivity (Wildman–Crippen MR) is 145 cm³/mol. The van der Waals surface area contributed by atoms with Crippen molar-refractivity contribution in [1.29, 1.82) is 0 Å². The van der Waals surface area contributed by atoms with Crippen LogP contribution in [0.5, 0.6) is 5.75 Å². The molecule has 0 saturated carbocycles. The maximum absolute atomic E-state index is 12.9. The highest BCUT2D eigenvalue weighted by Crippen LogP contribution is 2.40. The molecule has 5 rings (SSSR count). The number of aromatic nitrogens is 1. The van der Waals surface area contributed by atoms with Crippen molar-refractivity contribution >= 4 is 28.5 Å². The first-order chi connectivity index (χ1) is 17.7. The van der Waals surface area contributed by atoms with Crippen LogP contribution < -0.4 is 10.1 Å². The first-order valence-electron chi connectivity index (χ1n) is 12.6. The summed E-state index contributed by atoms with van der Waals surface area (Å²) in [6.07, 6.45) is 3.22. The summed E-state index contributed by atoms with van der Waals surface area (Å²) < 4.78 is 7.70. The number of benzene rings is 3. The zero-order valence-corrected chi connectivity index (χ0v) is 21.0. The normalized spacial score (nSPS) is 16.3. The SMILES string of the molecule is O=C(O)c1c(C(c2ccccc2)c2ccc(OCCCl)cc2)c2ccccc2n1CCC1CCCN1. The second-order valence-electron chi connectivity index (χ2n) is 9.27. The van der Waals surface area contributed by atoms with Crippen molar-refractivity contribution in [1.82, 2.24) is 9.88 Å². The molecule has 186 valence electrons. The van der Waals surface area contributed by atoms with Crippen LogP contribution in [0.3, 0.4) is 0 Å². The molecule has 6 heteroatoms. The average molecular weight is 503 g/mol. The van der Waals surface area contributed by atoms with Crippen LogP contribution in [0, 0.1) is 0 Å². The standard InChI is InChI=1S/C30H31ClN2O3/c31-17-20-36-24-14-12-22(13-15-24)27(21-7-2-1-3-8-21)28-25-10-4-5-11-26(25)33(29(28)30(34)35)19-16-23-9-6-18-32-23/h1-5,7-8,10-15,23,27,32H,6,9,16-20H2,(H,34,35). The lowest BCUT2D eigenvalue weighted by atomic mass is 9.83. The molecule has 3 aromatic carbocycles. The topological polar surface area (TPSA) is 63.5 Å². The third-order valence-electron chi connectivity index (χ3n) is 7.06. The lowest BCUT2D eigenvalue weighted by molar-refractivity contribution is 0.0684. The minimum absolute atomic E-state index is 0.241. The number of ether oxygens (including phenoxy) is 1. The largest absolute Gasteiger partial charge is 0.492 e. The Balaban J connectivity index is 1.66. The number of halogens is 1. The van der Waals surface area contributed by atoms with Gasteiger partial charge in [0, 0.05) is 35.0 Å². The zero-order chi connectivity index (χ0) is 24.9. The molecule has 2 atom stereocenters. The third-order valence-corrected chi connectivity index (χ3v) is 7.21. The Labute approximate surface area is 216 Å². The summed E-state index contributed by atoms with van der Waals surface area (Å²) >= 11 is 5.78. The van der Waals surface area contributed by atoms with Gasteiger partial charge in [-0.15, -0.1) is 11.6 Å². The number of fused-ring (bicyclic) bond motifs is 1. The number of alkyl halides is 1. The maximum atomic E-state index is 12.9. The van der Waals surface area contributed by atoms with Gasteiger partial charge in [0.2, 0.25) is 0 Å². The predicted octanol–water partition coefficient (Wildman–Crippen LogP) is 6.28. The third kappa shape index (κ3) is 4.99. The van der Waals surface area contributed by atoms with E-state index in [4.69, 9.17) is 16.3 Å². The first kappa shape index (κ1) is 24.4. The van der Waals surface area contributed by atoms with Crippen LogP contribution >= 0.6 is 11.6 Å². The Morgan fingerprint density at radius 2 is 1.75 bits per heavy atom. The van der Waals surface area contributed by atoms with Crippen LogP contribution in [0.4, 0.5) is 0 Å². The molecule has 36 heavy (non-hydrogen) atoms. The van der Waals surface area contributed by atoms with Crippen molar-refractivity contribution in [3.63, 3.8) is 0 Å². The number of aryl methyl sites for hydroxylation is 1. The van der Waals surface area contributed by atoms with Gasteiger partial charge in [-0.25, -0.2) is 4.79 Å². The number of para-hydroxylation sites is 1. The number of carboxylic acid groups (broad SMARTS) is 1. The molecule has 1 saturated heterocycles. The van der Waals surface area contributed by atoms with Crippen molar-refractivity contribution in [2.45, 2.75) is 37.8 Å². The summed E-state index contributed by atoms with van der Waals surface area (Å²) in [5, 5.41) is 15.1. The van der Waals surface area contributed by atoms with E-state index in [1.807, 2.05) is 65.2 Å². The van der Waals surface area contributed by atoms with Crippen LogP contribution in [-0.2, 0) is 6.54 Å². The van der Waals surface area contributed by atoms with Gasteiger partial charge in [-0.2, -0.15) is 0 Å². The van der Waals surface area contributed by atoms with Gasteiger partial charge < -0.3 is 19.7 Å². The van der Waals surface area contributed by atoms with Crippen LogP contribution in [0.1, 0.15) is 52.4 Å². The second-order valence-corrected chi connectivity index (χ2v) is 9.65. The summed E-state index contributed by atoms with van der Waals surface area (Å²) in [6, 6.07) is 26.6. The summed E-state index contributed by atoms with van der Waals surface area (Å²) in [5.41, 5.74) is 4.23. The van der Waals surface area contributed by atoms with Gasteiger partial charge in [-0.05, 0) is 55.1 Å². The molecular formula is C30H31ClN2O3. The lowest BCUT2D eigenvalue weighted by Crippen LogP contribution is -2.24. The van der Waals surface area contributed by atoms with Gasteiger partial charge in [0.1, 0.15) is 18.1 Å². The van der Waals surface area contributed by atoms with Crippen LogP contribution in [-0.4, -0.2) is 40.7 Å². The van der Waals surface area contributed by atoms with Crippen molar-refractivity contribution in [3.05, 3.63) is 101 Å². The molecule has 1 aliphatic heterocycles. The van der Waals surface area contributed by atoms with E-state index in [0.29, 0.717) is 30.8 Å². The molecule has 2 heterocycles. The molecule has 1 fully saturated rings. The van der Waals surface area contributed by atoms with Gasteiger partial charge in [-0.3, -0.25) is 0 Å². The Hall–Kier alpha value is -3.28. The highest BCUT2D eigenvalue weighted by molar-refractivity contribution is 6.18. The Morgan fingerprint density at radius 1 is 1.03 bits per heavy atom. The number of nitrogens with one attached hydrogen (secondary N) is 1. The fourth-order valence-electron chi connectivity index (χ4n) is 5.46. The molecule has 2 unspecified atom stereocenters. The molecule has 0 spiro atoms. The molecule has 4 aromatic rings. The number of carboxylic acids is 1. The van der Waals surface area contributed by atoms with Crippen LogP contribution in [0.15, 0.2) is 78.9 Å². The van der Waals surface area contributed by atoms with Gasteiger partial charge in [0.15, 0.2) is 0 Å². The molecule has 2 N–H and O–H groups in total. The number of aromatic carboxylic acids is 1. The van der Waals surface area contributed by atoms with Crippen LogP contribution in [0.25, 0.3) is 10.9 Å². The number of hydrogen-bond donors (Lipinski definition) is 2. The van der Waals surface area contributed by atoms with Crippen molar-refractivity contribution in [2.75, 3.05) is 19.0 Å². The van der Waals surface area contributed by atoms with Gasteiger partial charge in [0.05, 0.1) is 5.88 Å². The molecule has 0 aliphatic carbocycles. The first-order valence-corrected chi connectivity index (χ1v) is 13.1. The zero-order valence-electron chi connectivity index (χ0n) is 20.2. The molecule has 5 nitrogen and oxygen atoms in total. The van der Waals surface area contributed by atoms with Gasteiger partial charge >= 0.3 is 5.97 Å². The summed E-state index contributed by atoms with van der Waals surface area (Å²) in [4.78, 5) is 12.9. The van der Waals surface area contributed by atoms with E-state index >= 15 is 0 Å². The minimum Gasteiger partial charge on any atom is -0.492 e. The quantitative estimate of drug-likeness (QED) is 0.250. The molecular weight excluding hydrogens is 472 g/mol. The Kier molecular flexibility index (Phi) is 7.59. The van der Waals surface area contributed by atoms with E-state index in [0.717, 1.165) is 52.7 Å². The van der Waals surface area contributed by atoms with E-state index in [9.17, 15) is 9.90 Å². The molecule has 1 aromatic heterocycles. The lowest BCUT2D eigenvalue weighted by Gasteiger charge is -2.20. The monoisotopic (exact) mass is 502 g/mol. The summed E-state index contributed by atoms with van der Waals surface area (Å²) in [6.45, 7) is 2.14. The van der Waals surface area contributed by atoms with Gasteiger partial charge in [-0.1, -0.05) is 60.7 Å². The fraction of sp³-hybridized carbons (Fsp3) is 0.300. The number of hydrogen-bond acceptors (Lipinski definition) is 3. The maximum Gasteiger partial charge on any atom is 0.352 e. The highest BCUT2D eigenvalue weighted by atomic mass is 35.5. The van der Waals surface area contributed by atoms with Gasteiger partial charge in [0.25, 0.3) is 0 Å². The van der Waals surface area contributed by atoms with E-state index < -0.39 is 5.97 Å². The molecule has 0 radical (unpaired) electrons. The summed E-state index contributed by atoms with van der Waals surface area (Å²) in [5.74, 6) is 0.0292. The number of carbonyl (C=O) groups is 1. The number of rotatable bonds is 10. The second kappa shape index (κ2) is 11.2. The minimum atomic E-state index is -0.899. The van der Waals surface area contributed by atoms with E-state index in [1.54, 1.807) is 0 Å². The number of nitrogens with zero attached hydrogens (tertiary/aromatic N) is 1. The van der Waals surface area contributed by atoms with Crippen molar-refractivity contribution in [2.24, 2.45) is 0 Å². The van der Waals surface area contributed by atoms with Crippen molar-refractivity contribution < 1.29 is 14.6 Å². The summed E-state index contributed by atoms with van der Waals surface area (Å²) in [7, 11) is 0. The van der Waals surface area contributed by atoms with E-state index in [1.165, 1.54) is 6.42 Å². The van der Waals surface area contributed by atoms with E-state index in [2.05, 4.69) is 23.5 Å². The van der Waals surface area contributed by atoms with E-state index in [-0.39, 0.29) is 5.92 Å².